The van der Waals surface area contributed by atoms with Crippen LogP contribution >= 0.6 is 0 Å². The third-order valence-corrected chi connectivity index (χ3v) is 8.53. The molecule has 1 fully saturated rings. The van der Waals surface area contributed by atoms with Crippen molar-refractivity contribution in [3.8, 4) is 0 Å². The highest BCUT2D eigenvalue weighted by Gasteiger charge is 2.37. The molecular formula is C30H44N4O2. The zero-order chi connectivity index (χ0) is 26.1. The number of fused-ring (bicyclic) bond motifs is 1. The Hall–Kier alpha value is -2.76. The van der Waals surface area contributed by atoms with Crippen LogP contribution in [0.3, 0.4) is 0 Å². The molecule has 1 saturated carbocycles. The van der Waals surface area contributed by atoms with Crippen molar-refractivity contribution in [2.75, 3.05) is 13.1 Å². The number of nitrogens with two attached hydrogens (primary N) is 2. The van der Waals surface area contributed by atoms with Gasteiger partial charge in [-0.15, -0.1) is 0 Å². The molecule has 5 N–H and O–H groups in total. The molecule has 4 rings (SSSR count). The van der Waals surface area contributed by atoms with Gasteiger partial charge < -0.3 is 21.2 Å². The van der Waals surface area contributed by atoms with Crippen molar-refractivity contribution in [3.63, 3.8) is 0 Å². The molecule has 2 aliphatic rings. The lowest BCUT2D eigenvalue weighted by molar-refractivity contribution is 0.0911. The summed E-state index contributed by atoms with van der Waals surface area (Å²) in [7, 11) is 0. The van der Waals surface area contributed by atoms with E-state index in [1.807, 2.05) is 6.07 Å². The number of carbonyl (C=O) groups excluding carboxylic acids is 1. The van der Waals surface area contributed by atoms with Gasteiger partial charge in [0.05, 0.1) is 0 Å². The third-order valence-electron chi connectivity index (χ3n) is 8.53. The van der Waals surface area contributed by atoms with Gasteiger partial charge in [-0.05, 0) is 96.1 Å². The van der Waals surface area contributed by atoms with Gasteiger partial charge >= 0.3 is 0 Å². The topological polar surface area (TPSA) is 107 Å². The molecule has 1 amide bonds. The van der Waals surface area contributed by atoms with Crippen LogP contribution < -0.4 is 16.8 Å². The largest absolute Gasteiger partial charge is 0.456 e. The fraction of sp³-hybridized carbons (Fsp3) is 0.600. The van der Waals surface area contributed by atoms with Crippen LogP contribution in [0, 0.1) is 18.8 Å². The van der Waals surface area contributed by atoms with Gasteiger partial charge in [0.15, 0.2) is 11.7 Å². The van der Waals surface area contributed by atoms with Crippen LogP contribution in [0.5, 0.6) is 0 Å². The maximum absolute atomic E-state index is 12.8. The summed E-state index contributed by atoms with van der Waals surface area (Å²) >= 11 is 0. The van der Waals surface area contributed by atoms with Crippen LogP contribution in [0.15, 0.2) is 33.7 Å². The molecule has 2 unspecified atom stereocenters. The van der Waals surface area contributed by atoms with Crippen molar-refractivity contribution in [1.82, 2.24) is 5.32 Å². The van der Waals surface area contributed by atoms with Crippen molar-refractivity contribution in [2.24, 2.45) is 28.3 Å². The standard InChI is InChI=1S/C30H44N4O2/c1-19-13-24-25(30(4,5)12-11-29(24,2)3)16-22(19)15-23-9-10-26(36-23)27(35)33-17-20-7-6-8-21(14-20)18-34-28(31)32/h9-10,13,16,20-21H,6-8,11-12,14-15,17-18H2,1-5H3,(H,33,35)(H4,31,32,34). The summed E-state index contributed by atoms with van der Waals surface area (Å²) < 4.78 is 6.01. The smallest absolute Gasteiger partial charge is 0.287 e. The predicted octanol–water partition coefficient (Wildman–Crippen LogP) is 5.34. The second-order valence-electron chi connectivity index (χ2n) is 12.4. The van der Waals surface area contributed by atoms with E-state index < -0.39 is 0 Å². The van der Waals surface area contributed by atoms with E-state index in [9.17, 15) is 4.79 Å². The van der Waals surface area contributed by atoms with Gasteiger partial charge in [0.2, 0.25) is 0 Å². The molecule has 1 aromatic heterocycles. The summed E-state index contributed by atoms with van der Waals surface area (Å²) in [6.07, 6.45) is 7.52. The third kappa shape index (κ3) is 5.96. The number of hydrogen-bond donors (Lipinski definition) is 3. The second kappa shape index (κ2) is 10.3. The summed E-state index contributed by atoms with van der Waals surface area (Å²) in [5, 5.41) is 3.09. The van der Waals surface area contributed by atoms with E-state index >= 15 is 0 Å². The number of hydrogen-bond acceptors (Lipinski definition) is 3. The van der Waals surface area contributed by atoms with E-state index in [2.05, 4.69) is 57.1 Å². The molecule has 1 aromatic carbocycles. The van der Waals surface area contributed by atoms with Crippen LogP contribution in [0.2, 0.25) is 0 Å². The molecule has 2 aromatic rings. The molecule has 0 saturated heterocycles. The molecule has 36 heavy (non-hydrogen) atoms. The normalized spacial score (nSPS) is 22.5. The molecule has 1 heterocycles. The van der Waals surface area contributed by atoms with E-state index in [0.717, 1.165) is 31.4 Å². The van der Waals surface area contributed by atoms with E-state index in [1.54, 1.807) is 6.07 Å². The highest BCUT2D eigenvalue weighted by Crippen LogP contribution is 2.46. The fourth-order valence-electron chi connectivity index (χ4n) is 6.05. The Morgan fingerprint density at radius 3 is 2.42 bits per heavy atom. The molecule has 6 heteroatoms. The number of nitrogens with one attached hydrogen (secondary N) is 1. The highest BCUT2D eigenvalue weighted by atomic mass is 16.3. The van der Waals surface area contributed by atoms with Crippen LogP contribution in [0.25, 0.3) is 0 Å². The molecule has 6 nitrogen and oxygen atoms in total. The average Bonchev–Trinajstić information content (AvgIpc) is 3.29. The predicted molar refractivity (Wildman–Crippen MR) is 146 cm³/mol. The molecular weight excluding hydrogens is 448 g/mol. The van der Waals surface area contributed by atoms with Crippen molar-refractivity contribution in [3.05, 3.63) is 58.0 Å². The number of furan rings is 1. The highest BCUT2D eigenvalue weighted by molar-refractivity contribution is 5.91. The molecule has 0 radical (unpaired) electrons. The van der Waals surface area contributed by atoms with Crippen LogP contribution in [-0.2, 0) is 17.3 Å². The van der Waals surface area contributed by atoms with Crippen molar-refractivity contribution >= 4 is 11.9 Å². The number of amides is 1. The number of rotatable bonds is 7. The van der Waals surface area contributed by atoms with Crippen molar-refractivity contribution in [1.29, 1.82) is 0 Å². The number of aliphatic imine (C=N–C) groups is 1. The molecule has 0 aliphatic heterocycles. The lowest BCUT2D eigenvalue weighted by Crippen LogP contribution is -2.34. The minimum absolute atomic E-state index is 0.141. The van der Waals surface area contributed by atoms with Crippen LogP contribution in [0.4, 0.5) is 0 Å². The minimum Gasteiger partial charge on any atom is -0.456 e. The number of carbonyl (C=O) groups is 1. The Morgan fingerprint density at radius 2 is 1.72 bits per heavy atom. The summed E-state index contributed by atoms with van der Waals surface area (Å²) in [6.45, 7) is 12.9. The average molecular weight is 493 g/mol. The monoisotopic (exact) mass is 492 g/mol. The van der Waals surface area contributed by atoms with Gasteiger partial charge in [-0.3, -0.25) is 9.79 Å². The maximum Gasteiger partial charge on any atom is 0.287 e. The SMILES string of the molecule is Cc1cc2c(cc1Cc1ccc(C(=O)NCC3CCCC(CN=C(N)N)C3)o1)C(C)(C)CCC2(C)C. The minimum atomic E-state index is -0.141. The summed E-state index contributed by atoms with van der Waals surface area (Å²) in [4.78, 5) is 17.0. The quantitative estimate of drug-likeness (QED) is 0.358. The van der Waals surface area contributed by atoms with E-state index in [-0.39, 0.29) is 22.7 Å². The Kier molecular flexibility index (Phi) is 7.53. The summed E-state index contributed by atoms with van der Waals surface area (Å²) in [5.74, 6) is 2.14. The molecule has 0 bridgehead atoms. The van der Waals surface area contributed by atoms with Crippen LogP contribution in [0.1, 0.15) is 105 Å². The molecule has 196 valence electrons. The number of nitrogens with zero attached hydrogens (tertiary/aromatic N) is 1. The summed E-state index contributed by atoms with van der Waals surface area (Å²) in [6, 6.07) is 8.51. The van der Waals surface area contributed by atoms with Gasteiger partial charge in [-0.2, -0.15) is 0 Å². The Morgan fingerprint density at radius 1 is 1.06 bits per heavy atom. The van der Waals surface area contributed by atoms with Gasteiger partial charge in [0, 0.05) is 19.5 Å². The number of guanidine groups is 1. The van der Waals surface area contributed by atoms with E-state index in [0.29, 0.717) is 37.1 Å². The van der Waals surface area contributed by atoms with Crippen molar-refractivity contribution < 1.29 is 9.21 Å². The Labute approximate surface area is 216 Å². The fourth-order valence-corrected chi connectivity index (χ4v) is 6.05. The Bertz CT molecular complexity index is 1120. The zero-order valence-electron chi connectivity index (χ0n) is 22.7. The zero-order valence-corrected chi connectivity index (χ0v) is 22.7. The van der Waals surface area contributed by atoms with Gasteiger partial charge in [0.1, 0.15) is 5.76 Å². The van der Waals surface area contributed by atoms with Crippen molar-refractivity contribution in [2.45, 2.75) is 90.4 Å². The van der Waals surface area contributed by atoms with E-state index in [4.69, 9.17) is 15.9 Å². The first-order valence-corrected chi connectivity index (χ1v) is 13.5. The number of benzene rings is 1. The molecule has 2 atom stereocenters. The first-order chi connectivity index (χ1) is 16.9. The molecule has 0 spiro atoms. The lowest BCUT2D eigenvalue weighted by Gasteiger charge is -2.42. The van der Waals surface area contributed by atoms with Gasteiger partial charge in [-0.1, -0.05) is 46.2 Å². The van der Waals surface area contributed by atoms with Crippen LogP contribution in [-0.4, -0.2) is 25.0 Å². The maximum atomic E-state index is 12.8. The van der Waals surface area contributed by atoms with Gasteiger partial charge in [0.25, 0.3) is 5.91 Å². The van der Waals surface area contributed by atoms with Gasteiger partial charge in [-0.25, -0.2) is 0 Å². The molecule has 2 aliphatic carbocycles. The first-order valence-electron chi connectivity index (χ1n) is 13.5. The number of aryl methyl sites for hydroxylation is 1. The lowest BCUT2D eigenvalue weighted by atomic mass is 9.62. The first kappa shape index (κ1) is 26.3. The van der Waals surface area contributed by atoms with E-state index in [1.165, 1.54) is 35.1 Å². The summed E-state index contributed by atoms with van der Waals surface area (Å²) in [5.41, 5.74) is 16.8. The Balaban J connectivity index is 1.39. The second-order valence-corrected chi connectivity index (χ2v) is 12.4.